The number of rotatable bonds is 0. The van der Waals surface area contributed by atoms with Gasteiger partial charge >= 0.3 is 0 Å². The molecule has 0 bridgehead atoms. The van der Waals surface area contributed by atoms with Crippen LogP contribution in [0.5, 0.6) is 0 Å². The summed E-state index contributed by atoms with van der Waals surface area (Å²) in [7, 11) is 0. The van der Waals surface area contributed by atoms with Gasteiger partial charge in [0.25, 0.3) is 11.8 Å². The molecule has 0 atom stereocenters. The summed E-state index contributed by atoms with van der Waals surface area (Å²) in [6.45, 7) is 65.6. The van der Waals surface area contributed by atoms with Crippen LogP contribution in [0.4, 0.5) is 0 Å². The third-order valence-electron chi connectivity index (χ3n) is 15.6. The van der Waals surface area contributed by atoms with E-state index in [1.807, 2.05) is 53.7 Å². The molecule has 4 aliphatic rings. The quantitative estimate of drug-likeness (QED) is 0.143. The van der Waals surface area contributed by atoms with E-state index >= 15 is 0 Å². The highest BCUT2D eigenvalue weighted by Gasteiger charge is 2.27. The van der Waals surface area contributed by atoms with Crippen molar-refractivity contribution in [2.24, 2.45) is 41.6 Å². The van der Waals surface area contributed by atoms with E-state index in [9.17, 15) is 0 Å². The Bertz CT molecular complexity index is 4330. The van der Waals surface area contributed by atoms with Crippen LogP contribution < -0.4 is 0 Å². The molecule has 0 amide bonds. The van der Waals surface area contributed by atoms with Gasteiger partial charge in [-0.2, -0.15) is 4.37 Å². The Morgan fingerprint density at radius 3 is 1.26 bits per heavy atom. The van der Waals surface area contributed by atoms with Crippen LogP contribution in [0, 0.1) is 145 Å². The van der Waals surface area contributed by atoms with E-state index in [1.54, 1.807) is 31.0 Å². The number of oxazole rings is 2. The number of hydrogen-bond acceptors (Lipinski definition) is 15. The monoisotopic (exact) mass is 1500 g/mol. The van der Waals surface area contributed by atoms with Gasteiger partial charge in [-0.25, -0.2) is 19.9 Å². The molecule has 6 aromatic rings. The Kier molecular flexibility index (Phi) is 36.5. The van der Waals surface area contributed by atoms with Crippen LogP contribution in [0.25, 0.3) is 0 Å². The number of aliphatic imine (C=N–C) groups is 4. The van der Waals surface area contributed by atoms with Crippen molar-refractivity contribution in [2.45, 2.75) is 247 Å². The largest absolute Gasteiger partial charge is 0.438 e. The average molecular weight is 1500 g/mol. The van der Waals surface area contributed by atoms with Gasteiger partial charge in [0.2, 0.25) is 0 Å². The standard InChI is InChI=1S/4C10H13N.C9H12N2.4C9H11NO.C9H11NS/c1-5-9-6-8(7-11-9)10(2,3)4;2*1-5-9-8(6-7-11-9)10(2,3)4;1-5-8-6-7-9(11-8)10(2,3)4;1-5-8-10-6-7(11-8)9(2,3)4;1-5-8-10-7(6-11-8)9(2,3)4;1-5-8-10-6-7(11-8)9(2,3)4;1-5-8-7(6-11-10-8)9(2,3)4;2*1-5-7-6-8(11-10-7)9(2,3)4/h3*1,6H,7H2,2-4H3;1,7H,6H2,2-4H3;1,6H,2-4H3,(H,10,11);5*1,6H,2-4H3. The van der Waals surface area contributed by atoms with Crippen LogP contribution in [-0.2, 0) is 32.5 Å². The zero-order valence-corrected chi connectivity index (χ0v) is 72.2. The zero-order valence-electron chi connectivity index (χ0n) is 71.4. The second-order valence-corrected chi connectivity index (χ2v) is 36.5. The normalized spacial score (nSPS) is 13.6. The Morgan fingerprint density at radius 2 is 1.00 bits per heavy atom. The highest BCUT2D eigenvalue weighted by atomic mass is 32.1. The molecule has 16 heteroatoms. The van der Waals surface area contributed by atoms with Gasteiger partial charge in [-0.05, 0) is 103 Å². The minimum atomic E-state index is -0.0118. The number of terminal acetylenes is 10. The summed E-state index contributed by atoms with van der Waals surface area (Å²) in [5, 5.41) is 7.38. The minimum absolute atomic E-state index is 0.0118. The number of nitrogens with zero attached hydrogens (tertiary/aromatic N) is 10. The summed E-state index contributed by atoms with van der Waals surface area (Å²) in [6, 6.07) is 3.77. The van der Waals surface area contributed by atoms with Crippen LogP contribution in [0.15, 0.2) is 122 Å². The fraction of sp³-hybridized carbons (Fsp3) is 0.468. The number of nitrogens with one attached hydrogen (secondary N) is 1. The van der Waals surface area contributed by atoms with Crippen molar-refractivity contribution in [3.05, 3.63) is 152 Å². The number of hydrogen-bond donors (Lipinski definition) is 1. The third kappa shape index (κ3) is 34.0. The van der Waals surface area contributed by atoms with Gasteiger partial charge in [0.1, 0.15) is 46.9 Å². The lowest BCUT2D eigenvalue weighted by atomic mass is 9.84. The summed E-state index contributed by atoms with van der Waals surface area (Å²) >= 11 is 1.49. The maximum absolute atomic E-state index is 5.30. The number of aromatic amines is 1. The molecule has 4 aliphatic heterocycles. The van der Waals surface area contributed by atoms with Gasteiger partial charge in [-0.3, -0.25) is 15.0 Å². The van der Waals surface area contributed by atoms with Crippen LogP contribution in [0.3, 0.4) is 0 Å². The van der Waals surface area contributed by atoms with Gasteiger partial charge in [-0.15, -0.1) is 64.2 Å². The molecule has 6 aromatic heterocycles. The molecule has 0 aromatic carbocycles. The molecule has 10 rings (SSSR count). The Balaban J connectivity index is 0.000000611. The highest BCUT2D eigenvalue weighted by Crippen LogP contribution is 2.33. The van der Waals surface area contributed by atoms with E-state index in [0.29, 0.717) is 29.0 Å². The minimum Gasteiger partial charge on any atom is -0.438 e. The molecule has 0 radical (unpaired) electrons. The zero-order chi connectivity index (χ0) is 84.8. The maximum Gasteiger partial charge on any atom is 0.273 e. The van der Waals surface area contributed by atoms with Gasteiger partial charge < -0.3 is 22.9 Å². The van der Waals surface area contributed by atoms with Crippen molar-refractivity contribution >= 4 is 34.4 Å². The van der Waals surface area contributed by atoms with Crippen molar-refractivity contribution in [1.29, 1.82) is 0 Å². The van der Waals surface area contributed by atoms with Crippen molar-refractivity contribution in [1.82, 2.24) is 34.6 Å². The second-order valence-electron chi connectivity index (χ2n) is 35.7. The van der Waals surface area contributed by atoms with Crippen molar-refractivity contribution in [3.63, 3.8) is 0 Å². The SMILES string of the molecule is C#CC1=NC(C(C)(C)C)=CC1.C#CC1=NCC(C(C)(C)C)=C1.C#CC1=NCC=C1C(C)(C)C.C#CC1=NCC=C1C(C)(C)C.C#Cc1cc(C(C)(C)C)on1.C#Cc1cc(C(C)(C)C)sn1.C#Cc1nc(C(C)(C)C)co1.C#Cc1ncc(C(C)(C)C)[nH]1.C#Cc1ncc(C(C)(C)C)o1.C#Cc1nocc1C(C)(C)C. The first-order valence-electron chi connectivity index (χ1n) is 36.0. The Morgan fingerprint density at radius 1 is 0.455 bits per heavy atom. The van der Waals surface area contributed by atoms with E-state index in [0.717, 1.165) is 88.8 Å². The van der Waals surface area contributed by atoms with Gasteiger partial charge in [0.05, 0.1) is 37.2 Å². The average Bonchev–Trinajstić information content (AvgIpc) is 1.69. The molecule has 580 valence electrons. The first kappa shape index (κ1) is 96.9. The molecule has 10 heterocycles. The van der Waals surface area contributed by atoms with Crippen LogP contribution >= 0.6 is 11.5 Å². The predicted octanol–water partition coefficient (Wildman–Crippen LogP) is 20.5. The van der Waals surface area contributed by atoms with E-state index < -0.39 is 0 Å². The van der Waals surface area contributed by atoms with E-state index in [2.05, 4.69) is 298 Å². The second kappa shape index (κ2) is 41.5. The van der Waals surface area contributed by atoms with Crippen molar-refractivity contribution in [2.75, 3.05) is 19.6 Å². The molecule has 15 nitrogen and oxygen atoms in total. The molecular formula is C94H119N11O4S. The first-order valence-corrected chi connectivity index (χ1v) is 36.8. The van der Waals surface area contributed by atoms with Crippen LogP contribution in [0.2, 0.25) is 0 Å². The predicted molar refractivity (Wildman–Crippen MR) is 461 cm³/mol. The summed E-state index contributed by atoms with van der Waals surface area (Å²) in [6.07, 6.45) is 67.8. The van der Waals surface area contributed by atoms with E-state index in [4.69, 9.17) is 82.1 Å². The van der Waals surface area contributed by atoms with Crippen molar-refractivity contribution in [3.8, 4) is 123 Å². The smallest absolute Gasteiger partial charge is 0.273 e. The van der Waals surface area contributed by atoms with E-state index in [1.165, 1.54) is 33.1 Å². The van der Waals surface area contributed by atoms with Gasteiger partial charge in [-0.1, -0.05) is 260 Å². The molecule has 0 saturated carbocycles. The molecule has 0 fully saturated rings. The molecule has 0 unspecified atom stereocenters. The molecule has 0 spiro atoms. The van der Waals surface area contributed by atoms with E-state index in [-0.39, 0.29) is 54.1 Å². The lowest BCUT2D eigenvalue weighted by Gasteiger charge is -2.19. The van der Waals surface area contributed by atoms with Crippen molar-refractivity contribution < 1.29 is 17.9 Å². The lowest BCUT2D eigenvalue weighted by Crippen LogP contribution is -2.14. The topological polar surface area (TPSA) is 195 Å². The fourth-order valence-corrected chi connectivity index (χ4v) is 9.51. The first-order chi connectivity index (χ1) is 50.4. The molecular weight excluding hydrogens is 1380 g/mol. The number of imidazole rings is 1. The van der Waals surface area contributed by atoms with Gasteiger partial charge in [0.15, 0.2) is 17.2 Å². The summed E-state index contributed by atoms with van der Waals surface area (Å²) < 4.78 is 24.1. The summed E-state index contributed by atoms with van der Waals surface area (Å²) in [5.74, 6) is 27.8. The number of allylic oxidation sites excluding steroid dienone is 5. The number of aromatic nitrogens is 7. The maximum atomic E-state index is 5.30. The Hall–Kier alpha value is -11.1. The van der Waals surface area contributed by atoms with Crippen LogP contribution in [0.1, 0.15) is 282 Å². The fourth-order valence-electron chi connectivity index (χ4n) is 8.77. The lowest BCUT2D eigenvalue weighted by molar-refractivity contribution is 0.328. The molecule has 110 heavy (non-hydrogen) atoms. The molecule has 1 N–H and O–H groups in total. The molecule has 0 aliphatic carbocycles. The Labute approximate surface area is 666 Å². The van der Waals surface area contributed by atoms with Gasteiger partial charge in [0, 0.05) is 67.6 Å². The highest BCUT2D eigenvalue weighted by molar-refractivity contribution is 7.06. The molecule has 0 saturated heterocycles. The van der Waals surface area contributed by atoms with Crippen LogP contribution in [-0.4, -0.2) is 77.1 Å². The summed E-state index contributed by atoms with van der Waals surface area (Å²) in [5.41, 5.74) is 13.9. The number of H-pyrrole nitrogens is 1. The third-order valence-corrected chi connectivity index (χ3v) is 16.8. The summed E-state index contributed by atoms with van der Waals surface area (Å²) in [4.78, 5) is 33.2.